The summed E-state index contributed by atoms with van der Waals surface area (Å²) in [6.07, 6.45) is 0. The van der Waals surface area contributed by atoms with Gasteiger partial charge < -0.3 is 9.13 Å². The predicted octanol–water partition coefficient (Wildman–Crippen LogP) is 11.0. The molecular formula is C44H26N4. The highest BCUT2D eigenvalue weighted by Crippen LogP contribution is 2.40. The van der Waals surface area contributed by atoms with Crippen LogP contribution >= 0.6 is 0 Å². The maximum absolute atomic E-state index is 9.84. The molecule has 0 spiro atoms. The minimum Gasteiger partial charge on any atom is -0.309 e. The van der Waals surface area contributed by atoms with Crippen molar-refractivity contribution in [3.05, 3.63) is 169 Å². The highest BCUT2D eigenvalue weighted by molar-refractivity contribution is 6.14. The van der Waals surface area contributed by atoms with Crippen molar-refractivity contribution in [3.63, 3.8) is 0 Å². The third-order valence-corrected chi connectivity index (χ3v) is 9.37. The summed E-state index contributed by atoms with van der Waals surface area (Å²) in [5.74, 6) is 0. The van der Waals surface area contributed by atoms with Gasteiger partial charge in [0.1, 0.15) is 0 Å². The van der Waals surface area contributed by atoms with Crippen LogP contribution in [0, 0.1) is 22.7 Å². The Balaban J connectivity index is 1.29. The number of fused-ring (bicyclic) bond motifs is 6. The zero-order valence-electron chi connectivity index (χ0n) is 25.8. The van der Waals surface area contributed by atoms with Gasteiger partial charge in [-0.1, -0.05) is 97.1 Å². The van der Waals surface area contributed by atoms with Gasteiger partial charge in [0.15, 0.2) is 0 Å². The second-order valence-corrected chi connectivity index (χ2v) is 12.0. The van der Waals surface area contributed by atoms with E-state index in [1.54, 1.807) is 0 Å². The van der Waals surface area contributed by atoms with E-state index in [1.807, 2.05) is 36.4 Å². The van der Waals surface area contributed by atoms with Crippen molar-refractivity contribution in [1.29, 1.82) is 10.5 Å². The summed E-state index contributed by atoms with van der Waals surface area (Å²) in [5.41, 5.74) is 12.0. The molecule has 0 aliphatic rings. The van der Waals surface area contributed by atoms with Gasteiger partial charge in [0, 0.05) is 38.5 Å². The Morgan fingerprint density at radius 2 is 0.958 bits per heavy atom. The first-order chi connectivity index (χ1) is 23.7. The maximum atomic E-state index is 9.84. The van der Waals surface area contributed by atoms with Gasteiger partial charge in [0.2, 0.25) is 0 Å². The van der Waals surface area contributed by atoms with Crippen LogP contribution in [0.4, 0.5) is 0 Å². The molecule has 2 aromatic heterocycles. The summed E-state index contributed by atoms with van der Waals surface area (Å²) in [6, 6.07) is 59.0. The number of para-hydroxylation sites is 3. The predicted molar refractivity (Wildman–Crippen MR) is 195 cm³/mol. The minimum absolute atomic E-state index is 0.652. The lowest BCUT2D eigenvalue weighted by molar-refractivity contribution is 1.17. The summed E-state index contributed by atoms with van der Waals surface area (Å²) in [7, 11) is 0. The third kappa shape index (κ3) is 4.14. The number of rotatable bonds is 4. The van der Waals surface area contributed by atoms with E-state index < -0.39 is 0 Å². The molecule has 9 aromatic rings. The first kappa shape index (κ1) is 27.4. The Morgan fingerprint density at radius 1 is 0.396 bits per heavy atom. The number of nitriles is 2. The van der Waals surface area contributed by atoms with Crippen molar-refractivity contribution in [2.24, 2.45) is 0 Å². The number of benzene rings is 7. The Hall–Kier alpha value is -6.88. The summed E-state index contributed by atoms with van der Waals surface area (Å²) >= 11 is 0. The highest BCUT2D eigenvalue weighted by atomic mass is 15.0. The van der Waals surface area contributed by atoms with Gasteiger partial charge in [-0.25, -0.2) is 0 Å². The fourth-order valence-corrected chi connectivity index (χ4v) is 7.30. The minimum atomic E-state index is 0.652. The monoisotopic (exact) mass is 610 g/mol. The van der Waals surface area contributed by atoms with Gasteiger partial charge in [-0.2, -0.15) is 10.5 Å². The lowest BCUT2D eigenvalue weighted by Gasteiger charge is -2.15. The summed E-state index contributed by atoms with van der Waals surface area (Å²) in [5, 5.41) is 24.0. The molecule has 0 fully saturated rings. The van der Waals surface area contributed by atoms with E-state index >= 15 is 0 Å². The van der Waals surface area contributed by atoms with E-state index in [-0.39, 0.29) is 0 Å². The molecule has 0 N–H and O–H groups in total. The first-order valence-corrected chi connectivity index (χ1v) is 15.9. The van der Waals surface area contributed by atoms with Crippen LogP contribution in [-0.4, -0.2) is 9.13 Å². The third-order valence-electron chi connectivity index (χ3n) is 9.37. The van der Waals surface area contributed by atoms with Crippen LogP contribution in [0.5, 0.6) is 0 Å². The van der Waals surface area contributed by atoms with Gasteiger partial charge in [-0.3, -0.25) is 0 Å². The van der Waals surface area contributed by atoms with E-state index in [0.29, 0.717) is 11.1 Å². The quantitative estimate of drug-likeness (QED) is 0.199. The van der Waals surface area contributed by atoms with Crippen molar-refractivity contribution in [2.45, 2.75) is 0 Å². The molecule has 0 aliphatic carbocycles. The molecule has 0 unspecified atom stereocenters. The van der Waals surface area contributed by atoms with Crippen LogP contribution in [0.25, 0.3) is 77.2 Å². The molecule has 2 heterocycles. The van der Waals surface area contributed by atoms with Gasteiger partial charge in [0.05, 0.1) is 45.3 Å². The molecule has 222 valence electrons. The van der Waals surface area contributed by atoms with Crippen LogP contribution in [0.3, 0.4) is 0 Å². The molecule has 0 radical (unpaired) electrons. The fourth-order valence-electron chi connectivity index (χ4n) is 7.30. The zero-order chi connectivity index (χ0) is 32.2. The second-order valence-electron chi connectivity index (χ2n) is 12.0. The smallest absolute Gasteiger partial charge is 0.0998 e. The molecule has 0 saturated carbocycles. The van der Waals surface area contributed by atoms with E-state index in [2.05, 4.69) is 143 Å². The Morgan fingerprint density at radius 3 is 1.71 bits per heavy atom. The summed E-state index contributed by atoms with van der Waals surface area (Å²) in [6.45, 7) is 0. The molecule has 7 aromatic carbocycles. The zero-order valence-corrected chi connectivity index (χ0v) is 25.8. The van der Waals surface area contributed by atoms with Crippen LogP contribution in [0.1, 0.15) is 11.1 Å². The molecule has 0 amide bonds. The standard InChI is InChI=1S/C44H26N4/c45-27-29-22-23-43-40(24-29)38-17-4-5-20-41(38)47(43)33-13-8-12-31(26-33)36-18-9-19-39-37-16-3-6-21-42(37)48(44(36)39)34-14-7-11-30(25-34)35-15-2-1-10-32(35)28-46/h1-26H. The van der Waals surface area contributed by atoms with Crippen LogP contribution in [0.2, 0.25) is 0 Å². The molecule has 0 aliphatic heterocycles. The van der Waals surface area contributed by atoms with Crippen LogP contribution in [0.15, 0.2) is 158 Å². The van der Waals surface area contributed by atoms with Gasteiger partial charge in [-0.05, 0) is 77.4 Å². The Labute approximate surface area is 277 Å². The van der Waals surface area contributed by atoms with Crippen molar-refractivity contribution < 1.29 is 0 Å². The lowest BCUT2D eigenvalue weighted by Crippen LogP contribution is -1.97. The molecule has 0 bridgehead atoms. The number of hydrogen-bond acceptors (Lipinski definition) is 2. The molecule has 48 heavy (non-hydrogen) atoms. The van der Waals surface area contributed by atoms with Gasteiger partial charge in [-0.15, -0.1) is 0 Å². The molecular weight excluding hydrogens is 585 g/mol. The highest BCUT2D eigenvalue weighted by Gasteiger charge is 2.18. The van der Waals surface area contributed by atoms with E-state index in [1.165, 1.54) is 10.8 Å². The molecule has 0 saturated heterocycles. The number of aromatic nitrogens is 2. The average molecular weight is 611 g/mol. The fraction of sp³-hybridized carbons (Fsp3) is 0. The van der Waals surface area contributed by atoms with E-state index in [4.69, 9.17) is 0 Å². The molecule has 9 rings (SSSR count). The molecule has 4 heteroatoms. The second kappa shape index (κ2) is 10.9. The number of hydrogen-bond donors (Lipinski definition) is 0. The Bertz CT molecular complexity index is 2820. The topological polar surface area (TPSA) is 57.4 Å². The van der Waals surface area contributed by atoms with E-state index in [9.17, 15) is 10.5 Å². The molecule has 4 nitrogen and oxygen atoms in total. The SMILES string of the molecule is N#Cc1ccc2c(c1)c1ccccc1n2-c1cccc(-c2cccc3c4ccccc4n(-c4cccc(-c5ccccc5C#N)c4)c23)c1. The van der Waals surface area contributed by atoms with Gasteiger partial charge in [0.25, 0.3) is 0 Å². The van der Waals surface area contributed by atoms with Crippen molar-refractivity contribution in [3.8, 4) is 45.8 Å². The average Bonchev–Trinajstić information content (AvgIpc) is 3.67. The van der Waals surface area contributed by atoms with E-state index in [0.717, 1.165) is 66.5 Å². The largest absolute Gasteiger partial charge is 0.309 e. The summed E-state index contributed by atoms with van der Waals surface area (Å²) in [4.78, 5) is 0. The normalized spacial score (nSPS) is 11.3. The van der Waals surface area contributed by atoms with Crippen molar-refractivity contribution in [1.82, 2.24) is 9.13 Å². The van der Waals surface area contributed by atoms with Crippen LogP contribution < -0.4 is 0 Å². The van der Waals surface area contributed by atoms with Crippen LogP contribution in [-0.2, 0) is 0 Å². The first-order valence-electron chi connectivity index (χ1n) is 15.9. The Kier molecular flexibility index (Phi) is 6.22. The molecule has 0 atom stereocenters. The van der Waals surface area contributed by atoms with Crippen molar-refractivity contribution in [2.75, 3.05) is 0 Å². The maximum Gasteiger partial charge on any atom is 0.0998 e. The lowest BCUT2D eigenvalue weighted by atomic mass is 9.99. The number of nitrogens with zero attached hydrogens (tertiary/aromatic N) is 4. The van der Waals surface area contributed by atoms with Crippen molar-refractivity contribution >= 4 is 43.6 Å². The summed E-state index contributed by atoms with van der Waals surface area (Å²) < 4.78 is 4.65. The van der Waals surface area contributed by atoms with Gasteiger partial charge >= 0.3 is 0 Å².